The Morgan fingerprint density at radius 2 is 1.92 bits per heavy atom. The fourth-order valence-electron chi connectivity index (χ4n) is 3.88. The van der Waals surface area contributed by atoms with E-state index in [9.17, 15) is 18.0 Å². The van der Waals surface area contributed by atoms with Crippen molar-refractivity contribution in [2.24, 2.45) is 7.05 Å². The molecule has 2 aliphatic heterocycles. The third-order valence-corrected chi connectivity index (χ3v) is 5.38. The van der Waals surface area contributed by atoms with Crippen molar-refractivity contribution in [2.45, 2.75) is 44.0 Å². The molecule has 1 aromatic rings. The fraction of sp³-hybridized carbons (Fsp3) is 0.750. The highest BCUT2D eigenvalue weighted by molar-refractivity contribution is 5.98. The lowest BCUT2D eigenvalue weighted by atomic mass is 9.89. The number of hydrogen-bond donors (Lipinski definition) is 0. The third-order valence-electron chi connectivity index (χ3n) is 5.38. The number of amides is 1. The number of methoxy groups -OCH3 is 1. The normalized spacial score (nSPS) is 25.0. The number of aryl methyl sites for hydroxylation is 2. The van der Waals surface area contributed by atoms with Crippen LogP contribution in [0.15, 0.2) is 6.07 Å². The number of nitrogens with zero attached hydrogens (tertiary/aromatic N) is 4. The van der Waals surface area contributed by atoms with E-state index in [4.69, 9.17) is 4.74 Å². The second kappa shape index (κ2) is 6.28. The van der Waals surface area contributed by atoms with Gasteiger partial charge in [-0.1, -0.05) is 0 Å². The average Bonchev–Trinajstić information content (AvgIpc) is 3.08. The lowest BCUT2D eigenvalue weighted by molar-refractivity contribution is -0.283. The summed E-state index contributed by atoms with van der Waals surface area (Å²) in [5, 5.41) is 4.25. The molecule has 1 unspecified atom stereocenters. The maximum absolute atomic E-state index is 13.3. The van der Waals surface area contributed by atoms with Gasteiger partial charge in [0.05, 0.1) is 11.7 Å². The minimum Gasteiger partial charge on any atom is -0.369 e. The summed E-state index contributed by atoms with van der Waals surface area (Å²) in [4.78, 5) is 16.3. The van der Waals surface area contributed by atoms with Gasteiger partial charge in [-0.05, 0) is 26.2 Å². The van der Waals surface area contributed by atoms with Gasteiger partial charge in [0.2, 0.25) is 5.91 Å². The van der Waals surface area contributed by atoms with Gasteiger partial charge >= 0.3 is 6.18 Å². The largest absolute Gasteiger partial charge is 0.417 e. The van der Waals surface area contributed by atoms with Crippen LogP contribution in [0.4, 0.5) is 19.0 Å². The number of carbonyl (C=O) groups excluding carboxylic acids is 1. The highest BCUT2D eigenvalue weighted by Crippen LogP contribution is 2.42. The van der Waals surface area contributed by atoms with Crippen molar-refractivity contribution in [3.63, 3.8) is 0 Å². The smallest absolute Gasteiger partial charge is 0.369 e. The van der Waals surface area contributed by atoms with Gasteiger partial charge in [0, 0.05) is 39.9 Å². The van der Waals surface area contributed by atoms with E-state index >= 15 is 0 Å². The van der Waals surface area contributed by atoms with Crippen molar-refractivity contribution < 1.29 is 22.7 Å². The maximum atomic E-state index is 13.3. The van der Waals surface area contributed by atoms with Crippen molar-refractivity contribution in [1.82, 2.24) is 14.7 Å². The predicted molar refractivity (Wildman–Crippen MR) is 85.3 cm³/mol. The Bertz CT molecular complexity index is 650. The first-order valence-electron chi connectivity index (χ1n) is 8.36. The molecule has 0 radical (unpaired) electrons. The second-order valence-corrected chi connectivity index (χ2v) is 6.79. The molecule has 0 saturated carbocycles. The number of hydrogen-bond acceptors (Lipinski definition) is 4. The first-order chi connectivity index (χ1) is 11.7. The zero-order valence-corrected chi connectivity index (χ0v) is 14.6. The molecular weight excluding hydrogens is 337 g/mol. The number of halogens is 3. The van der Waals surface area contributed by atoms with Gasteiger partial charge in [0.25, 0.3) is 0 Å². The Labute approximate surface area is 144 Å². The van der Waals surface area contributed by atoms with Gasteiger partial charge in [-0.15, -0.1) is 0 Å². The van der Waals surface area contributed by atoms with Crippen LogP contribution in [-0.2, 0) is 16.6 Å². The van der Waals surface area contributed by atoms with Crippen LogP contribution < -0.4 is 4.90 Å². The molecule has 3 rings (SSSR count). The van der Waals surface area contributed by atoms with E-state index in [1.54, 1.807) is 16.6 Å². The van der Waals surface area contributed by atoms with Crippen LogP contribution in [0, 0.1) is 6.92 Å². The Balaban J connectivity index is 1.69. The van der Waals surface area contributed by atoms with E-state index in [0.29, 0.717) is 13.0 Å². The number of alkyl halides is 3. The van der Waals surface area contributed by atoms with Crippen molar-refractivity contribution in [1.29, 1.82) is 0 Å². The highest BCUT2D eigenvalue weighted by atomic mass is 19.4. The number of piperidine rings is 1. The molecule has 0 bridgehead atoms. The molecule has 3 heterocycles. The van der Waals surface area contributed by atoms with Crippen molar-refractivity contribution in [2.75, 3.05) is 31.6 Å². The van der Waals surface area contributed by atoms with Crippen LogP contribution in [0.3, 0.4) is 0 Å². The molecule has 2 fully saturated rings. The Kier molecular flexibility index (Phi) is 4.57. The lowest BCUT2D eigenvalue weighted by Gasteiger charge is -2.43. The van der Waals surface area contributed by atoms with Gasteiger partial charge in [-0.25, -0.2) is 0 Å². The molecule has 1 aromatic heterocycles. The summed E-state index contributed by atoms with van der Waals surface area (Å²) in [7, 11) is 2.89. The molecule has 0 aromatic carbocycles. The van der Waals surface area contributed by atoms with Gasteiger partial charge in [0.1, 0.15) is 5.82 Å². The average molecular weight is 360 g/mol. The van der Waals surface area contributed by atoms with Crippen molar-refractivity contribution >= 4 is 11.7 Å². The van der Waals surface area contributed by atoms with Crippen LogP contribution in [0.2, 0.25) is 0 Å². The van der Waals surface area contributed by atoms with Gasteiger partial charge in [-0.3, -0.25) is 19.3 Å². The van der Waals surface area contributed by atoms with E-state index in [-0.39, 0.29) is 37.9 Å². The second-order valence-electron chi connectivity index (χ2n) is 6.79. The maximum Gasteiger partial charge on any atom is 0.417 e. The summed E-state index contributed by atoms with van der Waals surface area (Å²) in [6, 6.07) is 1.47. The standard InChI is InChI=1S/C16H23F3N4O2/c1-11-10-13(21(2)20-11)23-7-4-12(14(23)24)22-8-5-15(25-3,6-9-22)16(17,18)19/h10,12H,4-9H2,1-3H3. The zero-order valence-electron chi connectivity index (χ0n) is 14.6. The predicted octanol–water partition coefficient (Wildman–Crippen LogP) is 1.88. The van der Waals surface area contributed by atoms with E-state index in [0.717, 1.165) is 18.6 Å². The number of carbonyl (C=O) groups is 1. The Morgan fingerprint density at radius 3 is 2.40 bits per heavy atom. The molecule has 1 amide bonds. The van der Waals surface area contributed by atoms with E-state index in [2.05, 4.69) is 5.10 Å². The molecular formula is C16H23F3N4O2. The molecule has 6 nitrogen and oxygen atoms in total. The van der Waals surface area contributed by atoms with Crippen LogP contribution in [0.25, 0.3) is 0 Å². The van der Waals surface area contributed by atoms with Gasteiger partial charge in [-0.2, -0.15) is 18.3 Å². The summed E-state index contributed by atoms with van der Waals surface area (Å²) in [6.07, 6.45) is -4.09. The van der Waals surface area contributed by atoms with Crippen LogP contribution in [0.5, 0.6) is 0 Å². The fourth-order valence-corrected chi connectivity index (χ4v) is 3.88. The highest BCUT2D eigenvalue weighted by Gasteiger charge is 2.57. The van der Waals surface area contributed by atoms with E-state index in [1.165, 1.54) is 0 Å². The monoisotopic (exact) mass is 360 g/mol. The Morgan fingerprint density at radius 1 is 1.28 bits per heavy atom. The summed E-state index contributed by atoms with van der Waals surface area (Å²) in [5.74, 6) is 0.656. The Hall–Kier alpha value is -1.61. The van der Waals surface area contributed by atoms with Crippen LogP contribution >= 0.6 is 0 Å². The molecule has 1 atom stereocenters. The molecule has 140 valence electrons. The number of ether oxygens (including phenoxy) is 1. The first-order valence-corrected chi connectivity index (χ1v) is 8.36. The molecule has 25 heavy (non-hydrogen) atoms. The molecule has 0 aliphatic carbocycles. The summed E-state index contributed by atoms with van der Waals surface area (Å²) in [5.41, 5.74) is -1.27. The SMILES string of the molecule is COC1(C(F)(F)F)CCN(C2CCN(c3cc(C)nn3C)C2=O)CC1. The van der Waals surface area contributed by atoms with Crippen LogP contribution in [0.1, 0.15) is 25.0 Å². The molecule has 2 aliphatic rings. The number of likely N-dealkylation sites (tertiary alicyclic amines) is 1. The molecule has 9 heteroatoms. The van der Waals surface area contributed by atoms with Gasteiger partial charge in [0.15, 0.2) is 5.60 Å². The molecule has 0 spiro atoms. The molecule has 2 saturated heterocycles. The lowest BCUT2D eigenvalue weighted by Crippen LogP contribution is -2.57. The van der Waals surface area contributed by atoms with Gasteiger partial charge < -0.3 is 4.74 Å². The van der Waals surface area contributed by atoms with Crippen molar-refractivity contribution in [3.05, 3.63) is 11.8 Å². The summed E-state index contributed by atoms with van der Waals surface area (Å²) < 4.78 is 46.3. The zero-order chi connectivity index (χ0) is 18.4. The summed E-state index contributed by atoms with van der Waals surface area (Å²) >= 11 is 0. The minimum atomic E-state index is -4.40. The van der Waals surface area contributed by atoms with Crippen LogP contribution in [-0.4, -0.2) is 65.2 Å². The third kappa shape index (κ3) is 3.03. The quantitative estimate of drug-likeness (QED) is 0.826. The number of rotatable bonds is 3. The summed E-state index contributed by atoms with van der Waals surface area (Å²) in [6.45, 7) is 2.80. The minimum absolute atomic E-state index is 0.0695. The number of aromatic nitrogens is 2. The van der Waals surface area contributed by atoms with Crippen molar-refractivity contribution in [3.8, 4) is 0 Å². The molecule has 0 N–H and O–H groups in total. The van der Waals surface area contributed by atoms with E-state index in [1.807, 2.05) is 17.9 Å². The number of anilines is 1. The topological polar surface area (TPSA) is 50.6 Å². The van der Waals surface area contributed by atoms with E-state index < -0.39 is 11.8 Å². The first kappa shape index (κ1) is 18.2.